The minimum absolute atomic E-state index is 0.503. The summed E-state index contributed by atoms with van der Waals surface area (Å²) in [5.41, 5.74) is 5.45. The minimum atomic E-state index is 0.503. The highest BCUT2D eigenvalue weighted by Crippen LogP contribution is 2.18. The molecule has 2 rings (SSSR count). The number of anilines is 3. The summed E-state index contributed by atoms with van der Waals surface area (Å²) in [4.78, 5) is 12.0. The molecule has 0 fully saturated rings. The van der Waals surface area contributed by atoms with Gasteiger partial charge in [-0.15, -0.1) is 11.3 Å². The molecule has 13 heavy (non-hydrogen) atoms. The minimum Gasteiger partial charge on any atom is -0.383 e. The molecule has 2 aromatic heterocycles. The molecule has 0 unspecified atom stereocenters. The summed E-state index contributed by atoms with van der Waals surface area (Å²) >= 11 is 1.42. The first-order valence-corrected chi connectivity index (χ1v) is 4.47. The zero-order valence-corrected chi connectivity index (χ0v) is 7.45. The second-order valence-corrected chi connectivity index (χ2v) is 3.13. The van der Waals surface area contributed by atoms with E-state index in [-0.39, 0.29) is 0 Å². The number of aromatic nitrogens is 3. The van der Waals surface area contributed by atoms with Crippen LogP contribution in [0.1, 0.15) is 0 Å². The number of thiazole rings is 1. The van der Waals surface area contributed by atoms with Crippen molar-refractivity contribution in [3.63, 3.8) is 0 Å². The Labute approximate surface area is 78.7 Å². The van der Waals surface area contributed by atoms with Crippen LogP contribution in [-0.2, 0) is 0 Å². The lowest BCUT2D eigenvalue weighted by molar-refractivity contribution is 1.16. The van der Waals surface area contributed by atoms with E-state index in [1.54, 1.807) is 23.8 Å². The van der Waals surface area contributed by atoms with Crippen LogP contribution in [-0.4, -0.2) is 15.0 Å². The summed E-state index contributed by atoms with van der Waals surface area (Å²) in [6.07, 6.45) is 3.32. The predicted molar refractivity (Wildman–Crippen MR) is 51.8 cm³/mol. The van der Waals surface area contributed by atoms with Gasteiger partial charge in [-0.25, -0.2) is 15.0 Å². The van der Waals surface area contributed by atoms with Gasteiger partial charge in [-0.3, -0.25) is 5.32 Å². The van der Waals surface area contributed by atoms with Crippen LogP contribution in [0.3, 0.4) is 0 Å². The lowest BCUT2D eigenvalue weighted by Crippen LogP contribution is -1.95. The Kier molecular flexibility index (Phi) is 2.05. The number of nitrogens with one attached hydrogen (secondary N) is 1. The highest BCUT2D eigenvalue weighted by Gasteiger charge is 1.99. The van der Waals surface area contributed by atoms with E-state index in [2.05, 4.69) is 20.3 Å². The fraction of sp³-hybridized carbons (Fsp3) is 0. The second kappa shape index (κ2) is 3.36. The van der Waals surface area contributed by atoms with Crippen molar-refractivity contribution in [2.45, 2.75) is 0 Å². The van der Waals surface area contributed by atoms with Gasteiger partial charge in [0.1, 0.15) is 5.82 Å². The molecule has 0 radical (unpaired) electrons. The van der Waals surface area contributed by atoms with Crippen LogP contribution in [0.25, 0.3) is 0 Å². The van der Waals surface area contributed by atoms with Crippen LogP contribution in [0.5, 0.6) is 0 Å². The Morgan fingerprint density at radius 2 is 2.08 bits per heavy atom. The fourth-order valence-electron chi connectivity index (χ4n) is 0.803. The Morgan fingerprint density at radius 3 is 2.69 bits per heavy atom. The molecular weight excluding hydrogens is 186 g/mol. The normalized spacial score (nSPS) is 9.85. The molecule has 0 saturated heterocycles. The molecule has 0 aliphatic carbocycles. The first-order valence-electron chi connectivity index (χ1n) is 3.59. The lowest BCUT2D eigenvalue weighted by atomic mass is 10.7. The first kappa shape index (κ1) is 7.93. The zero-order valence-electron chi connectivity index (χ0n) is 6.64. The van der Waals surface area contributed by atoms with Gasteiger partial charge in [-0.1, -0.05) is 0 Å². The van der Waals surface area contributed by atoms with E-state index < -0.39 is 0 Å². The summed E-state index contributed by atoms with van der Waals surface area (Å²) in [5.74, 6) is 1.03. The second-order valence-electron chi connectivity index (χ2n) is 2.27. The third-order valence-corrected chi connectivity index (χ3v) is 2.08. The maximum absolute atomic E-state index is 5.45. The molecule has 0 amide bonds. The maximum Gasteiger partial charge on any atom is 0.228 e. The number of rotatable bonds is 2. The third-order valence-electron chi connectivity index (χ3n) is 1.31. The van der Waals surface area contributed by atoms with E-state index in [9.17, 15) is 0 Å². The average molecular weight is 193 g/mol. The van der Waals surface area contributed by atoms with Gasteiger partial charge in [0.25, 0.3) is 0 Å². The largest absolute Gasteiger partial charge is 0.383 e. The molecule has 2 aromatic rings. The zero-order chi connectivity index (χ0) is 9.10. The summed E-state index contributed by atoms with van der Waals surface area (Å²) in [6.45, 7) is 0. The molecule has 0 aromatic carbocycles. The SMILES string of the molecule is Nc1csc(Nc2ncccn2)n1. The summed E-state index contributed by atoms with van der Waals surface area (Å²) in [6, 6.07) is 1.75. The number of hydrogen-bond acceptors (Lipinski definition) is 6. The van der Waals surface area contributed by atoms with Crippen LogP contribution < -0.4 is 11.1 Å². The van der Waals surface area contributed by atoms with Gasteiger partial charge < -0.3 is 5.73 Å². The quantitative estimate of drug-likeness (QED) is 0.750. The van der Waals surface area contributed by atoms with E-state index in [1.165, 1.54) is 11.3 Å². The molecule has 0 bridgehead atoms. The molecule has 2 heterocycles. The van der Waals surface area contributed by atoms with E-state index in [4.69, 9.17) is 5.73 Å². The Bertz CT molecular complexity index is 385. The molecule has 6 heteroatoms. The van der Waals surface area contributed by atoms with E-state index in [0.29, 0.717) is 16.9 Å². The number of hydrogen-bond donors (Lipinski definition) is 2. The van der Waals surface area contributed by atoms with Gasteiger partial charge in [0.15, 0.2) is 5.13 Å². The third kappa shape index (κ3) is 1.91. The van der Waals surface area contributed by atoms with E-state index >= 15 is 0 Å². The molecule has 0 aliphatic heterocycles. The van der Waals surface area contributed by atoms with Gasteiger partial charge in [0.2, 0.25) is 5.95 Å². The van der Waals surface area contributed by atoms with Crippen LogP contribution >= 0.6 is 11.3 Å². The molecule has 0 saturated carbocycles. The van der Waals surface area contributed by atoms with Crippen molar-refractivity contribution < 1.29 is 0 Å². The molecule has 66 valence electrons. The van der Waals surface area contributed by atoms with Gasteiger partial charge in [-0.05, 0) is 6.07 Å². The molecule has 0 atom stereocenters. The van der Waals surface area contributed by atoms with Crippen LogP contribution in [0.15, 0.2) is 23.8 Å². The monoisotopic (exact) mass is 193 g/mol. The number of nitrogen functional groups attached to an aromatic ring is 1. The predicted octanol–water partition coefficient (Wildman–Crippen LogP) is 1.26. The van der Waals surface area contributed by atoms with Crippen molar-refractivity contribution in [2.24, 2.45) is 0 Å². The van der Waals surface area contributed by atoms with Gasteiger partial charge in [-0.2, -0.15) is 0 Å². The molecule has 0 aliphatic rings. The number of nitrogens with zero attached hydrogens (tertiary/aromatic N) is 3. The van der Waals surface area contributed by atoms with Crippen molar-refractivity contribution >= 4 is 28.2 Å². The highest BCUT2D eigenvalue weighted by atomic mass is 32.1. The fourth-order valence-corrected chi connectivity index (χ4v) is 1.40. The topological polar surface area (TPSA) is 76.7 Å². The Hall–Kier alpha value is -1.69. The van der Waals surface area contributed by atoms with Crippen LogP contribution in [0.2, 0.25) is 0 Å². The summed E-state index contributed by atoms with van der Waals surface area (Å²) < 4.78 is 0. The van der Waals surface area contributed by atoms with Crippen molar-refractivity contribution in [1.82, 2.24) is 15.0 Å². The Balaban J connectivity index is 2.15. The standard InChI is InChI=1S/C7H7N5S/c8-5-4-13-7(11-5)12-6-9-2-1-3-10-6/h1-4H,8H2,(H,9,10,11,12). The van der Waals surface area contributed by atoms with Crippen molar-refractivity contribution in [2.75, 3.05) is 11.1 Å². The van der Waals surface area contributed by atoms with E-state index in [1.807, 2.05) is 0 Å². The highest BCUT2D eigenvalue weighted by molar-refractivity contribution is 7.14. The van der Waals surface area contributed by atoms with Crippen molar-refractivity contribution in [3.8, 4) is 0 Å². The lowest BCUT2D eigenvalue weighted by Gasteiger charge is -1.97. The first-order chi connectivity index (χ1) is 6.34. The van der Waals surface area contributed by atoms with Crippen molar-refractivity contribution in [3.05, 3.63) is 23.8 Å². The molecule has 3 N–H and O–H groups in total. The van der Waals surface area contributed by atoms with Gasteiger partial charge in [0, 0.05) is 17.8 Å². The van der Waals surface area contributed by atoms with Gasteiger partial charge >= 0.3 is 0 Å². The molecule has 5 nitrogen and oxygen atoms in total. The van der Waals surface area contributed by atoms with Crippen LogP contribution in [0.4, 0.5) is 16.9 Å². The summed E-state index contributed by atoms with van der Waals surface area (Å²) in [5, 5.41) is 5.38. The smallest absolute Gasteiger partial charge is 0.228 e. The van der Waals surface area contributed by atoms with Gasteiger partial charge in [0.05, 0.1) is 0 Å². The van der Waals surface area contributed by atoms with Crippen LogP contribution in [0, 0.1) is 0 Å². The summed E-state index contributed by atoms with van der Waals surface area (Å²) in [7, 11) is 0. The Morgan fingerprint density at radius 1 is 1.31 bits per heavy atom. The van der Waals surface area contributed by atoms with Crippen molar-refractivity contribution in [1.29, 1.82) is 0 Å². The average Bonchev–Trinajstić information content (AvgIpc) is 2.53. The maximum atomic E-state index is 5.45. The molecular formula is C7H7N5S. The van der Waals surface area contributed by atoms with E-state index in [0.717, 1.165) is 0 Å². The number of nitrogens with two attached hydrogens (primary N) is 1. The molecule has 0 spiro atoms.